The lowest BCUT2D eigenvalue weighted by molar-refractivity contribution is -0.114. The molecule has 3 aromatic carbocycles. The second-order valence-corrected chi connectivity index (χ2v) is 8.62. The van der Waals surface area contributed by atoms with Crippen LogP contribution in [0.1, 0.15) is 39.9 Å². The van der Waals surface area contributed by atoms with E-state index in [0.717, 1.165) is 36.4 Å². The largest absolute Gasteiger partial charge is 0.361 e. The maximum Gasteiger partial charge on any atom is 0.260 e. The van der Waals surface area contributed by atoms with Crippen molar-refractivity contribution in [2.45, 2.75) is 19.4 Å². The molecule has 3 aromatic rings. The molecule has 0 aliphatic carbocycles. The quantitative estimate of drug-likeness (QED) is 0.442. The molecule has 2 amide bonds. The van der Waals surface area contributed by atoms with Gasteiger partial charge in [0.2, 0.25) is 0 Å². The van der Waals surface area contributed by atoms with Gasteiger partial charge >= 0.3 is 0 Å². The van der Waals surface area contributed by atoms with Crippen LogP contribution in [0.4, 0.5) is 5.69 Å². The summed E-state index contributed by atoms with van der Waals surface area (Å²) in [6.07, 6.45) is 4.19. The van der Waals surface area contributed by atoms with Crippen LogP contribution in [0, 0.1) is 11.3 Å². The average Bonchev–Trinajstić information content (AvgIpc) is 3.38. The predicted octanol–water partition coefficient (Wildman–Crippen LogP) is 4.54. The summed E-state index contributed by atoms with van der Waals surface area (Å²) < 4.78 is 0. The van der Waals surface area contributed by atoms with Crippen molar-refractivity contribution in [2.75, 3.05) is 18.4 Å². The summed E-state index contributed by atoms with van der Waals surface area (Å²) in [4.78, 5) is 27.5. The molecular weight excluding hydrogens is 424 g/mol. The highest BCUT2D eigenvalue weighted by molar-refractivity contribution is 6.31. The Hall–Kier alpha value is -4.21. The molecular formula is C28H24N4O2. The molecule has 1 saturated heterocycles. The van der Waals surface area contributed by atoms with Crippen molar-refractivity contribution in [3.8, 4) is 17.2 Å². The highest BCUT2D eigenvalue weighted by atomic mass is 16.2. The number of nitriles is 1. The van der Waals surface area contributed by atoms with E-state index in [1.54, 1.807) is 24.4 Å². The smallest absolute Gasteiger partial charge is 0.260 e. The van der Waals surface area contributed by atoms with Crippen molar-refractivity contribution in [1.29, 1.82) is 5.26 Å². The number of rotatable bonds is 5. The van der Waals surface area contributed by atoms with Crippen molar-refractivity contribution in [2.24, 2.45) is 0 Å². The van der Waals surface area contributed by atoms with E-state index in [9.17, 15) is 9.59 Å². The Balaban J connectivity index is 1.40. The number of fused-ring (bicyclic) bond motifs is 1. The number of likely N-dealkylation sites (tertiary alicyclic amines) is 1. The van der Waals surface area contributed by atoms with E-state index in [1.807, 2.05) is 36.4 Å². The second kappa shape index (κ2) is 9.34. The summed E-state index contributed by atoms with van der Waals surface area (Å²) in [6.45, 7) is 3.27. The van der Waals surface area contributed by atoms with Crippen LogP contribution < -0.4 is 10.6 Å². The maximum absolute atomic E-state index is 12.7. The third-order valence-corrected chi connectivity index (χ3v) is 6.32. The maximum atomic E-state index is 12.7. The highest BCUT2D eigenvalue weighted by Gasteiger charge is 2.27. The lowest BCUT2D eigenvalue weighted by atomic mass is 9.91. The Morgan fingerprint density at radius 2 is 1.59 bits per heavy atom. The lowest BCUT2D eigenvalue weighted by Crippen LogP contribution is -2.36. The Kier molecular flexibility index (Phi) is 5.94. The van der Waals surface area contributed by atoms with Crippen molar-refractivity contribution >= 4 is 23.1 Å². The van der Waals surface area contributed by atoms with Gasteiger partial charge in [0.25, 0.3) is 11.8 Å². The Morgan fingerprint density at radius 1 is 0.882 bits per heavy atom. The number of anilines is 1. The zero-order chi connectivity index (χ0) is 23.5. The van der Waals surface area contributed by atoms with Gasteiger partial charge in [0.15, 0.2) is 0 Å². The Morgan fingerprint density at radius 3 is 2.29 bits per heavy atom. The van der Waals surface area contributed by atoms with Crippen LogP contribution in [-0.4, -0.2) is 29.8 Å². The third kappa shape index (κ3) is 4.47. The standard InChI is InChI=1S/C28H24N4O2/c29-16-19-3-7-21(8-4-19)22-9-12-24-25(15-22)26(28(34)31-27(24)33)17-30-23-10-5-20(6-11-23)18-32-13-1-2-14-32/h3-12,15,17,30H,1-2,13-14,18H2,(H,31,33,34). The van der Waals surface area contributed by atoms with E-state index in [0.29, 0.717) is 22.3 Å². The molecule has 0 atom stereocenters. The van der Waals surface area contributed by atoms with Gasteiger partial charge in [-0.1, -0.05) is 30.3 Å². The fraction of sp³-hybridized carbons (Fsp3) is 0.179. The molecule has 0 aromatic heterocycles. The molecule has 168 valence electrons. The van der Waals surface area contributed by atoms with Crippen LogP contribution in [0.3, 0.4) is 0 Å². The van der Waals surface area contributed by atoms with E-state index in [-0.39, 0.29) is 0 Å². The summed E-state index contributed by atoms with van der Waals surface area (Å²) in [6, 6.07) is 22.9. The van der Waals surface area contributed by atoms with Crippen LogP contribution in [0.5, 0.6) is 0 Å². The SMILES string of the molecule is N#Cc1ccc(-c2ccc3c(c2)C(=CNc2ccc(CN4CCCC4)cc2)C(=O)NC3=O)cc1. The van der Waals surface area contributed by atoms with Gasteiger partial charge in [-0.3, -0.25) is 19.8 Å². The number of hydrogen-bond donors (Lipinski definition) is 2. The normalized spacial score (nSPS) is 16.7. The molecule has 0 spiro atoms. The molecule has 2 heterocycles. The Labute approximate surface area is 198 Å². The predicted molar refractivity (Wildman–Crippen MR) is 132 cm³/mol. The van der Waals surface area contributed by atoms with Gasteiger partial charge in [0.1, 0.15) is 0 Å². The summed E-state index contributed by atoms with van der Waals surface area (Å²) in [5, 5.41) is 14.7. The number of nitrogens with one attached hydrogen (secondary N) is 2. The first-order valence-corrected chi connectivity index (χ1v) is 11.4. The monoisotopic (exact) mass is 448 g/mol. The fourth-order valence-electron chi connectivity index (χ4n) is 4.45. The number of hydrogen-bond acceptors (Lipinski definition) is 5. The van der Waals surface area contributed by atoms with Gasteiger partial charge < -0.3 is 5.32 Å². The molecule has 0 bridgehead atoms. The topological polar surface area (TPSA) is 85.2 Å². The summed E-state index contributed by atoms with van der Waals surface area (Å²) >= 11 is 0. The van der Waals surface area contributed by atoms with Crippen LogP contribution in [0.25, 0.3) is 16.7 Å². The van der Waals surface area contributed by atoms with Crippen molar-refractivity contribution < 1.29 is 9.59 Å². The van der Waals surface area contributed by atoms with Gasteiger partial charge in [-0.25, -0.2) is 0 Å². The molecule has 2 aliphatic heterocycles. The Bertz CT molecular complexity index is 1310. The molecule has 0 unspecified atom stereocenters. The molecule has 6 nitrogen and oxygen atoms in total. The molecule has 5 rings (SSSR count). The van der Waals surface area contributed by atoms with E-state index >= 15 is 0 Å². The lowest BCUT2D eigenvalue weighted by Gasteiger charge is -2.19. The molecule has 1 fully saturated rings. The van der Waals surface area contributed by atoms with Gasteiger partial charge in [-0.15, -0.1) is 0 Å². The van der Waals surface area contributed by atoms with Crippen LogP contribution in [-0.2, 0) is 11.3 Å². The number of benzene rings is 3. The van der Waals surface area contributed by atoms with Gasteiger partial charge in [-0.05, 0) is 79.0 Å². The van der Waals surface area contributed by atoms with Gasteiger partial charge in [0.05, 0.1) is 17.2 Å². The highest BCUT2D eigenvalue weighted by Crippen LogP contribution is 2.30. The molecule has 2 aliphatic rings. The van der Waals surface area contributed by atoms with Crippen molar-refractivity contribution in [3.63, 3.8) is 0 Å². The van der Waals surface area contributed by atoms with Gasteiger partial charge in [-0.2, -0.15) is 5.26 Å². The minimum Gasteiger partial charge on any atom is -0.361 e. The molecule has 6 heteroatoms. The first-order valence-electron chi connectivity index (χ1n) is 11.4. The average molecular weight is 449 g/mol. The summed E-state index contributed by atoms with van der Waals surface area (Å²) in [5.41, 5.74) is 5.90. The van der Waals surface area contributed by atoms with Crippen LogP contribution >= 0.6 is 0 Å². The van der Waals surface area contributed by atoms with Gasteiger partial charge in [0, 0.05) is 29.6 Å². The molecule has 0 saturated carbocycles. The van der Waals surface area contributed by atoms with Crippen LogP contribution in [0.2, 0.25) is 0 Å². The number of carbonyl (C=O) groups excluding carboxylic acids is 2. The van der Waals surface area contributed by atoms with E-state index in [1.165, 1.54) is 18.4 Å². The fourth-order valence-corrected chi connectivity index (χ4v) is 4.45. The number of imide groups is 1. The van der Waals surface area contributed by atoms with E-state index in [4.69, 9.17) is 5.26 Å². The number of nitrogens with zero attached hydrogens (tertiary/aromatic N) is 2. The van der Waals surface area contributed by atoms with Crippen LogP contribution in [0.15, 0.2) is 72.9 Å². The second-order valence-electron chi connectivity index (χ2n) is 8.62. The van der Waals surface area contributed by atoms with E-state index in [2.05, 4.69) is 33.7 Å². The number of amides is 2. The van der Waals surface area contributed by atoms with Crippen molar-refractivity contribution in [3.05, 3.63) is 95.2 Å². The first-order chi connectivity index (χ1) is 16.6. The minimum absolute atomic E-state index is 0.395. The minimum atomic E-state index is -0.437. The summed E-state index contributed by atoms with van der Waals surface area (Å²) in [7, 11) is 0. The van der Waals surface area contributed by atoms with E-state index < -0.39 is 11.8 Å². The first kappa shape index (κ1) is 21.6. The zero-order valence-corrected chi connectivity index (χ0v) is 18.7. The third-order valence-electron chi connectivity index (χ3n) is 6.32. The van der Waals surface area contributed by atoms with Crippen molar-refractivity contribution in [1.82, 2.24) is 10.2 Å². The molecule has 0 radical (unpaired) electrons. The number of carbonyl (C=O) groups is 2. The summed E-state index contributed by atoms with van der Waals surface area (Å²) in [5.74, 6) is -0.845. The zero-order valence-electron chi connectivity index (χ0n) is 18.7. The molecule has 34 heavy (non-hydrogen) atoms. The molecule has 2 N–H and O–H groups in total.